The molecule has 1 aromatic rings. The molecule has 0 radical (unpaired) electrons. The molecule has 0 saturated heterocycles. The third kappa shape index (κ3) is 3.56. The Morgan fingerprint density at radius 1 is 1.19 bits per heavy atom. The maximum absolute atomic E-state index is 11.2. The number of hydrogen-bond donors (Lipinski definition) is 2. The van der Waals surface area contributed by atoms with Gasteiger partial charge in [-0.15, -0.1) is 0 Å². The van der Waals surface area contributed by atoms with Crippen molar-refractivity contribution in [3.63, 3.8) is 0 Å². The minimum absolute atomic E-state index is 0.255. The molecule has 84 valence electrons. The quantitative estimate of drug-likeness (QED) is 0.821. The van der Waals surface area contributed by atoms with Crippen LogP contribution in [-0.4, -0.2) is 17.0 Å². The van der Waals surface area contributed by atoms with Crippen LogP contribution in [0.1, 0.15) is 0 Å². The van der Waals surface area contributed by atoms with Gasteiger partial charge < -0.3 is 10.4 Å². The number of amides is 1. The number of anilines is 1. The van der Waals surface area contributed by atoms with Crippen molar-refractivity contribution in [3.05, 3.63) is 40.4 Å². The maximum Gasteiger partial charge on any atom is 0.328 e. The van der Waals surface area contributed by atoms with Crippen LogP contribution in [0.15, 0.2) is 30.4 Å². The Morgan fingerprint density at radius 3 is 2.25 bits per heavy atom. The predicted molar refractivity (Wildman–Crippen MR) is 61.9 cm³/mol. The number of carboxylic acid groups (broad SMARTS) is 1. The van der Waals surface area contributed by atoms with E-state index in [1.165, 1.54) is 0 Å². The van der Waals surface area contributed by atoms with Gasteiger partial charge in [-0.2, -0.15) is 0 Å². The molecule has 16 heavy (non-hydrogen) atoms. The zero-order valence-electron chi connectivity index (χ0n) is 7.91. The molecular formula is C10H7Cl2NO3. The molecular weight excluding hydrogens is 253 g/mol. The van der Waals surface area contributed by atoms with Gasteiger partial charge in [0, 0.05) is 12.2 Å². The van der Waals surface area contributed by atoms with Gasteiger partial charge >= 0.3 is 5.97 Å². The number of carbonyl (C=O) groups excluding carboxylic acids is 1. The molecule has 1 amide bonds. The van der Waals surface area contributed by atoms with Crippen LogP contribution in [0.5, 0.6) is 0 Å². The molecule has 0 atom stereocenters. The number of benzene rings is 1. The Hall–Kier alpha value is -1.52. The van der Waals surface area contributed by atoms with E-state index >= 15 is 0 Å². The van der Waals surface area contributed by atoms with Gasteiger partial charge in [-0.1, -0.05) is 29.3 Å². The summed E-state index contributed by atoms with van der Waals surface area (Å²) in [5.41, 5.74) is 0.255. The Kier molecular flexibility index (Phi) is 4.34. The van der Waals surface area contributed by atoms with Gasteiger partial charge in [0.05, 0.1) is 15.7 Å². The zero-order valence-corrected chi connectivity index (χ0v) is 9.42. The van der Waals surface area contributed by atoms with Crippen molar-refractivity contribution in [2.75, 3.05) is 5.32 Å². The van der Waals surface area contributed by atoms with Crippen LogP contribution in [0.2, 0.25) is 10.0 Å². The van der Waals surface area contributed by atoms with Crippen LogP contribution in [0.4, 0.5) is 5.69 Å². The molecule has 0 spiro atoms. The first-order valence-electron chi connectivity index (χ1n) is 4.16. The summed E-state index contributed by atoms with van der Waals surface area (Å²) in [6, 6.07) is 4.75. The summed E-state index contributed by atoms with van der Waals surface area (Å²) < 4.78 is 0. The minimum Gasteiger partial charge on any atom is -0.478 e. The van der Waals surface area contributed by atoms with Crippen molar-refractivity contribution in [2.45, 2.75) is 0 Å². The first kappa shape index (κ1) is 12.5. The molecule has 2 N–H and O–H groups in total. The van der Waals surface area contributed by atoms with Crippen LogP contribution in [-0.2, 0) is 9.59 Å². The molecule has 0 aliphatic rings. The van der Waals surface area contributed by atoms with Crippen LogP contribution < -0.4 is 5.32 Å². The minimum atomic E-state index is -1.21. The highest BCUT2D eigenvalue weighted by molar-refractivity contribution is 6.39. The van der Waals surface area contributed by atoms with Crippen molar-refractivity contribution in [1.82, 2.24) is 0 Å². The van der Waals surface area contributed by atoms with Crippen molar-refractivity contribution >= 4 is 40.8 Å². The molecule has 0 bridgehead atoms. The molecule has 0 aliphatic carbocycles. The fourth-order valence-electron chi connectivity index (χ4n) is 0.929. The van der Waals surface area contributed by atoms with E-state index in [1.54, 1.807) is 18.2 Å². The van der Waals surface area contributed by atoms with Crippen molar-refractivity contribution in [1.29, 1.82) is 0 Å². The lowest BCUT2D eigenvalue weighted by atomic mass is 10.3. The van der Waals surface area contributed by atoms with Crippen LogP contribution in [0, 0.1) is 0 Å². The van der Waals surface area contributed by atoms with E-state index in [-0.39, 0.29) is 15.7 Å². The van der Waals surface area contributed by atoms with Gasteiger partial charge in [-0.3, -0.25) is 4.79 Å². The predicted octanol–water partition coefficient (Wildman–Crippen LogP) is 2.57. The summed E-state index contributed by atoms with van der Waals surface area (Å²) >= 11 is 11.6. The monoisotopic (exact) mass is 259 g/mol. The van der Waals surface area contributed by atoms with Crippen LogP contribution in [0.3, 0.4) is 0 Å². The van der Waals surface area contributed by atoms with Gasteiger partial charge in [0.15, 0.2) is 0 Å². The van der Waals surface area contributed by atoms with Crippen molar-refractivity contribution in [2.24, 2.45) is 0 Å². The topological polar surface area (TPSA) is 66.4 Å². The Balaban J connectivity index is 2.81. The zero-order chi connectivity index (χ0) is 12.1. The van der Waals surface area contributed by atoms with Crippen LogP contribution in [0.25, 0.3) is 0 Å². The van der Waals surface area contributed by atoms with Gasteiger partial charge in [-0.25, -0.2) is 4.79 Å². The normalized spacial score (nSPS) is 10.4. The molecule has 0 aliphatic heterocycles. The second-order valence-corrected chi connectivity index (χ2v) is 3.57. The Morgan fingerprint density at radius 2 is 1.75 bits per heavy atom. The number of nitrogens with one attached hydrogen (secondary N) is 1. The summed E-state index contributed by atoms with van der Waals surface area (Å²) in [5.74, 6) is -1.82. The Bertz CT molecular complexity index is 437. The SMILES string of the molecule is O=C(O)/C=C\C(=O)Nc1c(Cl)cccc1Cl. The Labute approximate surface area is 101 Å². The van der Waals surface area contributed by atoms with Crippen LogP contribution >= 0.6 is 23.2 Å². The number of para-hydroxylation sites is 1. The second kappa shape index (κ2) is 5.53. The first-order valence-corrected chi connectivity index (χ1v) is 4.92. The summed E-state index contributed by atoms with van der Waals surface area (Å²) in [6.07, 6.45) is 1.60. The van der Waals surface area contributed by atoms with Gasteiger partial charge in [0.2, 0.25) is 5.91 Å². The fourth-order valence-corrected chi connectivity index (χ4v) is 1.42. The lowest BCUT2D eigenvalue weighted by Gasteiger charge is -2.06. The maximum atomic E-state index is 11.2. The number of carbonyl (C=O) groups is 2. The van der Waals surface area contributed by atoms with E-state index in [0.29, 0.717) is 0 Å². The average molecular weight is 260 g/mol. The number of aliphatic carboxylic acids is 1. The second-order valence-electron chi connectivity index (χ2n) is 2.76. The molecule has 6 heteroatoms. The average Bonchev–Trinajstić information content (AvgIpc) is 2.21. The van der Waals surface area contributed by atoms with Gasteiger partial charge in [-0.05, 0) is 12.1 Å². The highest BCUT2D eigenvalue weighted by atomic mass is 35.5. The van der Waals surface area contributed by atoms with E-state index in [1.807, 2.05) is 0 Å². The lowest BCUT2D eigenvalue weighted by Crippen LogP contribution is -2.09. The number of carboxylic acids is 1. The smallest absolute Gasteiger partial charge is 0.328 e. The third-order valence-corrected chi connectivity index (χ3v) is 2.22. The largest absolute Gasteiger partial charge is 0.478 e. The van der Waals surface area contributed by atoms with E-state index < -0.39 is 11.9 Å². The fraction of sp³-hybridized carbons (Fsp3) is 0. The van der Waals surface area contributed by atoms with Gasteiger partial charge in [0.25, 0.3) is 0 Å². The highest BCUT2D eigenvalue weighted by Crippen LogP contribution is 2.29. The summed E-state index contributed by atoms with van der Waals surface area (Å²) in [7, 11) is 0. The molecule has 0 aromatic heterocycles. The first-order chi connectivity index (χ1) is 7.50. The summed E-state index contributed by atoms with van der Waals surface area (Å²) in [5, 5.41) is 11.3. The molecule has 0 unspecified atom stereocenters. The molecule has 4 nitrogen and oxygen atoms in total. The summed E-state index contributed by atoms with van der Waals surface area (Å²) in [6.45, 7) is 0. The number of rotatable bonds is 3. The van der Waals surface area contributed by atoms with Gasteiger partial charge in [0.1, 0.15) is 0 Å². The third-order valence-electron chi connectivity index (χ3n) is 1.59. The number of halogens is 2. The van der Waals surface area contributed by atoms with E-state index in [9.17, 15) is 9.59 Å². The molecule has 0 fully saturated rings. The molecule has 1 aromatic carbocycles. The van der Waals surface area contributed by atoms with Crippen molar-refractivity contribution < 1.29 is 14.7 Å². The standard InChI is InChI=1S/C10H7Cl2NO3/c11-6-2-1-3-7(12)10(6)13-8(14)4-5-9(15)16/h1-5H,(H,13,14)(H,15,16)/b5-4-. The van der Waals surface area contributed by atoms with E-state index in [4.69, 9.17) is 28.3 Å². The number of hydrogen-bond acceptors (Lipinski definition) is 2. The summed E-state index contributed by atoms with van der Waals surface area (Å²) in [4.78, 5) is 21.4. The molecule has 1 rings (SSSR count). The molecule has 0 heterocycles. The van der Waals surface area contributed by atoms with E-state index in [0.717, 1.165) is 12.2 Å². The van der Waals surface area contributed by atoms with E-state index in [2.05, 4.69) is 5.32 Å². The lowest BCUT2D eigenvalue weighted by molar-refractivity contribution is -0.131. The van der Waals surface area contributed by atoms with Crippen molar-refractivity contribution in [3.8, 4) is 0 Å². The highest BCUT2D eigenvalue weighted by Gasteiger charge is 2.07. The molecule has 0 saturated carbocycles.